The molecule has 0 saturated carbocycles. The van der Waals surface area contributed by atoms with Crippen LogP contribution >= 0.6 is 0 Å². The molecule has 0 spiro atoms. The summed E-state index contributed by atoms with van der Waals surface area (Å²) in [6.07, 6.45) is -4.45. The highest BCUT2D eigenvalue weighted by atomic mass is 19.3. The molecule has 0 aromatic carbocycles. The van der Waals surface area contributed by atoms with Gasteiger partial charge in [0.15, 0.2) is 0 Å². The lowest BCUT2D eigenvalue weighted by atomic mass is 10.3. The van der Waals surface area contributed by atoms with Crippen LogP contribution in [0.15, 0.2) is 0 Å². The summed E-state index contributed by atoms with van der Waals surface area (Å²) in [5.41, 5.74) is 4.15. The van der Waals surface area contributed by atoms with E-state index in [1.807, 2.05) is 0 Å². The van der Waals surface area contributed by atoms with Gasteiger partial charge in [0.05, 0.1) is 0 Å². The maximum atomic E-state index is 11.7. The molecule has 8 heavy (non-hydrogen) atoms. The monoisotopic (exact) mass is 129 g/mol. The van der Waals surface area contributed by atoms with Gasteiger partial charge in [0.2, 0.25) is 5.79 Å². The number of nitrogens with two attached hydrogens (primary N) is 1. The Morgan fingerprint density at radius 1 is 1.38 bits per heavy atom. The number of rotatable bonds is 1. The van der Waals surface area contributed by atoms with Crippen LogP contribution in [0.25, 0.3) is 0 Å². The van der Waals surface area contributed by atoms with Crippen molar-refractivity contribution >= 4 is 0 Å². The fourth-order valence-corrected chi connectivity index (χ4v) is 0. The quantitative estimate of drug-likeness (QED) is 0.497. The molecular formula is C3H6F3NO. The molecule has 0 rings (SSSR count). The summed E-state index contributed by atoms with van der Waals surface area (Å²) in [4.78, 5) is 0. The van der Waals surface area contributed by atoms with Crippen LogP contribution in [0.1, 0.15) is 6.92 Å². The van der Waals surface area contributed by atoms with Gasteiger partial charge in [-0.1, -0.05) is 0 Å². The van der Waals surface area contributed by atoms with Crippen molar-refractivity contribution in [2.75, 3.05) is 0 Å². The largest absolute Gasteiger partial charge is 0.400 e. The molecule has 0 amide bonds. The Hall–Kier alpha value is -0.290. The average molecular weight is 129 g/mol. The minimum atomic E-state index is -4.45. The van der Waals surface area contributed by atoms with Crippen molar-refractivity contribution in [3.8, 4) is 0 Å². The molecule has 0 bridgehead atoms. The second-order valence-corrected chi connectivity index (χ2v) is 1.62. The molecule has 0 aliphatic rings. The third-order valence-electron chi connectivity index (χ3n) is 0.588. The van der Waals surface area contributed by atoms with Gasteiger partial charge in [0, 0.05) is 0 Å². The molecule has 0 aromatic rings. The van der Waals surface area contributed by atoms with Crippen LogP contribution in [0.4, 0.5) is 13.2 Å². The smallest absolute Gasteiger partial charge is 0.333 e. The second kappa shape index (κ2) is 1.60. The molecule has 2 nitrogen and oxygen atoms in total. The highest BCUT2D eigenvalue weighted by Crippen LogP contribution is 2.23. The van der Waals surface area contributed by atoms with Crippen molar-refractivity contribution in [1.82, 2.24) is 0 Å². The number of halogens is 3. The van der Waals surface area contributed by atoms with E-state index in [0.29, 0.717) is 6.92 Å². The van der Waals surface area contributed by atoms with Gasteiger partial charge in [-0.3, -0.25) is 5.73 Å². The molecular weight excluding hydrogens is 123 g/mol. The van der Waals surface area contributed by atoms with Crippen molar-refractivity contribution in [1.29, 1.82) is 0 Å². The van der Waals surface area contributed by atoms with Crippen LogP contribution < -0.4 is 5.73 Å². The first kappa shape index (κ1) is 7.71. The first-order valence-electron chi connectivity index (χ1n) is 1.83. The van der Waals surface area contributed by atoms with E-state index in [-0.39, 0.29) is 0 Å². The van der Waals surface area contributed by atoms with Gasteiger partial charge in [-0.05, 0) is 6.92 Å². The third kappa shape index (κ3) is 1.67. The lowest BCUT2D eigenvalue weighted by molar-refractivity contribution is -0.275. The predicted molar refractivity (Wildman–Crippen MR) is 20.9 cm³/mol. The Balaban J connectivity index is 4.02. The van der Waals surface area contributed by atoms with E-state index in [9.17, 15) is 13.2 Å². The van der Waals surface area contributed by atoms with E-state index < -0.39 is 11.9 Å². The first-order valence-corrected chi connectivity index (χ1v) is 1.83. The normalized spacial score (nSPS) is 20.2. The summed E-state index contributed by atoms with van der Waals surface area (Å²) in [5, 5.41) is 7.52. The molecule has 0 aliphatic heterocycles. The zero-order valence-electron chi connectivity index (χ0n) is 4.16. The van der Waals surface area contributed by atoms with Crippen molar-refractivity contribution in [3.63, 3.8) is 0 Å². The zero-order chi connectivity index (χ0) is 7.00. The summed E-state index contributed by atoms with van der Waals surface area (Å²) in [6, 6.07) is 0. The SMILES string of the molecule is CC(N)(F)C(O)(F)F. The molecule has 3 N–H and O–H groups in total. The molecule has 0 fully saturated rings. The van der Waals surface area contributed by atoms with Crippen LogP contribution in [0.5, 0.6) is 0 Å². The van der Waals surface area contributed by atoms with Crippen LogP contribution in [0.3, 0.4) is 0 Å². The van der Waals surface area contributed by atoms with Crippen LogP contribution in [-0.4, -0.2) is 17.0 Å². The van der Waals surface area contributed by atoms with Gasteiger partial charge in [-0.2, -0.15) is 8.78 Å². The zero-order valence-corrected chi connectivity index (χ0v) is 4.16. The maximum Gasteiger partial charge on any atom is 0.400 e. The Morgan fingerprint density at radius 2 is 1.50 bits per heavy atom. The van der Waals surface area contributed by atoms with Gasteiger partial charge in [0.1, 0.15) is 0 Å². The van der Waals surface area contributed by atoms with Gasteiger partial charge in [-0.15, -0.1) is 0 Å². The van der Waals surface area contributed by atoms with E-state index in [0.717, 1.165) is 0 Å². The summed E-state index contributed by atoms with van der Waals surface area (Å²) >= 11 is 0. The summed E-state index contributed by atoms with van der Waals surface area (Å²) in [5.74, 6) is -3.34. The number of alkyl halides is 3. The van der Waals surface area contributed by atoms with Crippen LogP contribution in [0, 0.1) is 0 Å². The maximum absolute atomic E-state index is 11.7. The summed E-state index contributed by atoms with van der Waals surface area (Å²) in [7, 11) is 0. The highest BCUT2D eigenvalue weighted by molar-refractivity contribution is 4.72. The van der Waals surface area contributed by atoms with Crippen molar-refractivity contribution < 1.29 is 18.3 Å². The van der Waals surface area contributed by atoms with E-state index in [1.165, 1.54) is 0 Å². The topological polar surface area (TPSA) is 46.2 Å². The summed E-state index contributed by atoms with van der Waals surface area (Å²) in [6.45, 7) is 0.382. The van der Waals surface area contributed by atoms with E-state index >= 15 is 0 Å². The van der Waals surface area contributed by atoms with Crippen molar-refractivity contribution in [2.45, 2.75) is 18.8 Å². The van der Waals surface area contributed by atoms with E-state index in [2.05, 4.69) is 5.73 Å². The van der Waals surface area contributed by atoms with Gasteiger partial charge in [-0.25, -0.2) is 4.39 Å². The third-order valence-corrected chi connectivity index (χ3v) is 0.588. The summed E-state index contributed by atoms with van der Waals surface area (Å²) < 4.78 is 34.2. The van der Waals surface area contributed by atoms with E-state index in [1.54, 1.807) is 0 Å². The van der Waals surface area contributed by atoms with Gasteiger partial charge >= 0.3 is 6.11 Å². The molecule has 50 valence electrons. The molecule has 0 radical (unpaired) electrons. The fourth-order valence-electron chi connectivity index (χ4n) is 0. The number of aliphatic hydroxyl groups is 1. The Kier molecular flexibility index (Phi) is 1.54. The first-order chi connectivity index (χ1) is 3.25. The molecule has 1 unspecified atom stereocenters. The Labute approximate surface area is 44.1 Å². The Bertz CT molecular complexity index is 69.5. The lowest BCUT2D eigenvalue weighted by Crippen LogP contribution is -2.49. The van der Waals surface area contributed by atoms with Crippen molar-refractivity contribution in [2.24, 2.45) is 5.73 Å². The fraction of sp³-hybridized carbons (Fsp3) is 1.00. The Morgan fingerprint density at radius 3 is 1.50 bits per heavy atom. The molecule has 0 aromatic heterocycles. The molecule has 0 aliphatic carbocycles. The molecule has 0 saturated heterocycles. The van der Waals surface area contributed by atoms with Gasteiger partial charge < -0.3 is 5.11 Å². The predicted octanol–water partition coefficient (Wildman–Crippen LogP) is 0.216. The standard InChI is InChI=1S/C3H6F3NO/c1-2(4,7)3(5,6)8/h8H,7H2,1H3. The highest BCUT2D eigenvalue weighted by Gasteiger charge is 2.46. The molecule has 0 heterocycles. The van der Waals surface area contributed by atoms with Gasteiger partial charge in [0.25, 0.3) is 0 Å². The van der Waals surface area contributed by atoms with Crippen molar-refractivity contribution in [3.05, 3.63) is 0 Å². The lowest BCUT2D eigenvalue weighted by Gasteiger charge is -2.19. The second-order valence-electron chi connectivity index (χ2n) is 1.62. The molecule has 1 atom stereocenters. The molecule has 5 heteroatoms. The van der Waals surface area contributed by atoms with E-state index in [4.69, 9.17) is 5.11 Å². The average Bonchev–Trinajstić information content (AvgIpc) is 1.25. The minimum absolute atomic E-state index is 0.382. The van der Waals surface area contributed by atoms with Crippen LogP contribution in [-0.2, 0) is 0 Å². The number of hydrogen-bond acceptors (Lipinski definition) is 2. The minimum Gasteiger partial charge on any atom is -0.333 e. The van der Waals surface area contributed by atoms with Crippen LogP contribution in [0.2, 0.25) is 0 Å². The number of hydrogen-bond donors (Lipinski definition) is 2.